The Hall–Kier alpha value is -1.30. The van der Waals surface area contributed by atoms with E-state index in [-0.39, 0.29) is 12.1 Å². The van der Waals surface area contributed by atoms with Crippen molar-refractivity contribution in [2.45, 2.75) is 38.1 Å². The Labute approximate surface area is 119 Å². The van der Waals surface area contributed by atoms with Crippen LogP contribution in [-0.2, 0) is 9.53 Å². The maximum atomic E-state index is 12.2. The van der Waals surface area contributed by atoms with E-state index in [1.165, 1.54) is 0 Å². The van der Waals surface area contributed by atoms with Gasteiger partial charge in [0.05, 0.1) is 12.5 Å². The lowest BCUT2D eigenvalue weighted by Crippen LogP contribution is -2.49. The molecule has 3 atom stereocenters. The number of methoxy groups -OCH3 is 1. The first-order chi connectivity index (χ1) is 9.61. The molecule has 0 aromatic carbocycles. The molecule has 1 heterocycles. The Kier molecular flexibility index (Phi) is 5.23. The second kappa shape index (κ2) is 6.92. The van der Waals surface area contributed by atoms with E-state index in [4.69, 9.17) is 4.74 Å². The Bertz CT molecular complexity index is 361. The molecule has 1 aliphatic carbocycles. The van der Waals surface area contributed by atoms with Crippen molar-refractivity contribution in [3.63, 3.8) is 0 Å². The normalized spacial score (nSPS) is 30.2. The average Bonchev–Trinajstić information content (AvgIpc) is 2.88. The van der Waals surface area contributed by atoms with Crippen molar-refractivity contribution in [3.05, 3.63) is 0 Å². The number of hydrogen-bond donors (Lipinski definition) is 2. The number of carboxylic acid groups (broad SMARTS) is 1. The minimum absolute atomic E-state index is 0.123. The monoisotopic (exact) mass is 284 g/mol. The average molecular weight is 284 g/mol. The van der Waals surface area contributed by atoms with Crippen LogP contribution in [0.1, 0.15) is 32.1 Å². The van der Waals surface area contributed by atoms with Gasteiger partial charge in [0.25, 0.3) is 0 Å². The summed E-state index contributed by atoms with van der Waals surface area (Å²) in [5, 5.41) is 12.1. The molecule has 114 valence electrons. The number of urea groups is 1. The van der Waals surface area contributed by atoms with Crippen molar-refractivity contribution in [3.8, 4) is 0 Å². The molecule has 1 saturated carbocycles. The van der Waals surface area contributed by atoms with E-state index in [1.54, 1.807) is 12.0 Å². The van der Waals surface area contributed by atoms with Crippen LogP contribution in [0, 0.1) is 11.8 Å². The van der Waals surface area contributed by atoms with Gasteiger partial charge in [0.1, 0.15) is 0 Å². The van der Waals surface area contributed by atoms with Gasteiger partial charge in [-0.15, -0.1) is 0 Å². The molecule has 2 N–H and O–H groups in total. The summed E-state index contributed by atoms with van der Waals surface area (Å²) in [6, 6.07) is -0.350. The number of rotatable bonds is 4. The predicted octanol–water partition coefficient (Wildman–Crippen LogP) is 1.31. The molecule has 0 spiro atoms. The summed E-state index contributed by atoms with van der Waals surface area (Å²) in [6.07, 6.45) is 4.29. The van der Waals surface area contributed by atoms with Crippen LogP contribution in [0.15, 0.2) is 0 Å². The first-order valence-corrected chi connectivity index (χ1v) is 7.39. The van der Waals surface area contributed by atoms with Gasteiger partial charge in [-0.1, -0.05) is 12.8 Å². The molecule has 0 aromatic heterocycles. The van der Waals surface area contributed by atoms with E-state index in [0.29, 0.717) is 25.5 Å². The number of nitrogens with zero attached hydrogens (tertiary/aromatic N) is 1. The number of carbonyl (C=O) groups excluding carboxylic acids is 1. The van der Waals surface area contributed by atoms with Crippen LogP contribution in [0.2, 0.25) is 0 Å². The molecule has 2 aliphatic rings. The topological polar surface area (TPSA) is 78.9 Å². The quantitative estimate of drug-likeness (QED) is 0.816. The molecule has 6 nitrogen and oxygen atoms in total. The number of carboxylic acids is 1. The number of carbonyl (C=O) groups is 2. The molecule has 1 saturated heterocycles. The molecular formula is C14H24N2O4. The van der Waals surface area contributed by atoms with Gasteiger partial charge in [0.2, 0.25) is 0 Å². The molecule has 2 fully saturated rings. The summed E-state index contributed by atoms with van der Waals surface area (Å²) in [6.45, 7) is 2.10. The van der Waals surface area contributed by atoms with Gasteiger partial charge >= 0.3 is 12.0 Å². The smallest absolute Gasteiger partial charge is 0.317 e. The zero-order valence-corrected chi connectivity index (χ0v) is 12.0. The maximum absolute atomic E-state index is 12.2. The molecule has 0 bridgehead atoms. The minimum Gasteiger partial charge on any atom is -0.481 e. The highest BCUT2D eigenvalue weighted by molar-refractivity contribution is 5.77. The standard InChI is InChI=1S/C14H24N2O4/c1-20-9-10-6-7-16(8-10)14(19)15-12-5-3-2-4-11(12)13(17)18/h10-12H,2-9H2,1H3,(H,15,19)(H,17,18). The Morgan fingerprint density at radius 3 is 2.75 bits per heavy atom. The van der Waals surface area contributed by atoms with Crippen molar-refractivity contribution < 1.29 is 19.4 Å². The van der Waals surface area contributed by atoms with Gasteiger partial charge < -0.3 is 20.1 Å². The van der Waals surface area contributed by atoms with Crippen molar-refractivity contribution in [1.82, 2.24) is 10.2 Å². The molecule has 2 rings (SSSR count). The Morgan fingerprint density at radius 2 is 2.05 bits per heavy atom. The van der Waals surface area contributed by atoms with Crippen molar-refractivity contribution in [1.29, 1.82) is 0 Å². The lowest BCUT2D eigenvalue weighted by Gasteiger charge is -2.31. The first-order valence-electron chi connectivity index (χ1n) is 7.39. The van der Waals surface area contributed by atoms with E-state index >= 15 is 0 Å². The summed E-state index contributed by atoms with van der Waals surface area (Å²) in [4.78, 5) is 25.2. The molecule has 20 heavy (non-hydrogen) atoms. The molecular weight excluding hydrogens is 260 g/mol. The largest absolute Gasteiger partial charge is 0.481 e. The summed E-state index contributed by atoms with van der Waals surface area (Å²) in [7, 11) is 1.67. The number of ether oxygens (including phenoxy) is 1. The molecule has 0 aromatic rings. The summed E-state index contributed by atoms with van der Waals surface area (Å²) < 4.78 is 5.12. The highest BCUT2D eigenvalue weighted by Gasteiger charge is 2.34. The van der Waals surface area contributed by atoms with Gasteiger partial charge in [-0.25, -0.2) is 4.79 Å². The van der Waals surface area contributed by atoms with Gasteiger partial charge in [-0.05, 0) is 19.3 Å². The number of aliphatic carboxylic acids is 1. The summed E-state index contributed by atoms with van der Waals surface area (Å²) in [5.74, 6) is -0.842. The number of nitrogens with one attached hydrogen (secondary N) is 1. The zero-order chi connectivity index (χ0) is 14.5. The molecule has 1 aliphatic heterocycles. The summed E-state index contributed by atoms with van der Waals surface area (Å²) in [5.41, 5.74) is 0. The van der Waals surface area contributed by atoms with Gasteiger partial charge in [0, 0.05) is 32.2 Å². The minimum atomic E-state index is -0.798. The molecule has 6 heteroatoms. The number of likely N-dealkylation sites (tertiary alicyclic amines) is 1. The van der Waals surface area contributed by atoms with Gasteiger partial charge in [-0.2, -0.15) is 0 Å². The lowest BCUT2D eigenvalue weighted by atomic mass is 9.84. The van der Waals surface area contributed by atoms with Crippen LogP contribution in [0.4, 0.5) is 4.79 Å². The van der Waals surface area contributed by atoms with E-state index in [0.717, 1.165) is 32.2 Å². The SMILES string of the molecule is COCC1CCN(C(=O)NC2CCCCC2C(=O)O)C1. The fraction of sp³-hybridized carbons (Fsp3) is 0.857. The third kappa shape index (κ3) is 3.62. The molecule has 2 amide bonds. The fourth-order valence-electron chi connectivity index (χ4n) is 3.24. The van der Waals surface area contributed by atoms with Crippen LogP contribution < -0.4 is 5.32 Å². The zero-order valence-electron chi connectivity index (χ0n) is 12.0. The molecule has 0 radical (unpaired) electrons. The predicted molar refractivity (Wildman–Crippen MR) is 73.5 cm³/mol. The maximum Gasteiger partial charge on any atom is 0.317 e. The van der Waals surface area contributed by atoms with E-state index < -0.39 is 11.9 Å². The van der Waals surface area contributed by atoms with E-state index in [2.05, 4.69) is 5.32 Å². The Balaban J connectivity index is 1.85. The van der Waals surface area contributed by atoms with Crippen molar-refractivity contribution in [2.24, 2.45) is 11.8 Å². The Morgan fingerprint density at radius 1 is 1.30 bits per heavy atom. The highest BCUT2D eigenvalue weighted by atomic mass is 16.5. The lowest BCUT2D eigenvalue weighted by molar-refractivity contribution is -0.143. The van der Waals surface area contributed by atoms with Crippen LogP contribution in [0.5, 0.6) is 0 Å². The van der Waals surface area contributed by atoms with Crippen molar-refractivity contribution >= 4 is 12.0 Å². The second-order valence-electron chi connectivity index (χ2n) is 5.84. The van der Waals surface area contributed by atoms with Gasteiger partial charge in [0.15, 0.2) is 0 Å². The van der Waals surface area contributed by atoms with E-state index in [9.17, 15) is 14.7 Å². The number of amides is 2. The van der Waals surface area contributed by atoms with Crippen LogP contribution >= 0.6 is 0 Å². The van der Waals surface area contributed by atoms with E-state index in [1.807, 2.05) is 0 Å². The van der Waals surface area contributed by atoms with Gasteiger partial charge in [-0.3, -0.25) is 4.79 Å². The second-order valence-corrected chi connectivity index (χ2v) is 5.84. The third-order valence-corrected chi connectivity index (χ3v) is 4.37. The van der Waals surface area contributed by atoms with Crippen LogP contribution in [-0.4, -0.2) is 54.9 Å². The third-order valence-electron chi connectivity index (χ3n) is 4.37. The first kappa shape index (κ1) is 15.1. The fourth-order valence-corrected chi connectivity index (χ4v) is 3.24. The van der Waals surface area contributed by atoms with Crippen LogP contribution in [0.25, 0.3) is 0 Å². The molecule has 3 unspecified atom stereocenters. The summed E-state index contributed by atoms with van der Waals surface area (Å²) >= 11 is 0. The highest BCUT2D eigenvalue weighted by Crippen LogP contribution is 2.25. The number of hydrogen-bond acceptors (Lipinski definition) is 3. The van der Waals surface area contributed by atoms with Crippen molar-refractivity contribution in [2.75, 3.05) is 26.8 Å². The van der Waals surface area contributed by atoms with Crippen LogP contribution in [0.3, 0.4) is 0 Å².